The molecule has 3 heterocycles. The number of aromatic nitrogens is 1. The number of hydrazine groups is 2. The Hall–Kier alpha value is -3.93. The number of carbonyl (C=O) groups is 8. The Morgan fingerprint density at radius 3 is 1.05 bits per heavy atom. The molecule has 306 valence electrons. The fraction of sp³-hybridized carbons (Fsp3) is 0.286. The van der Waals surface area contributed by atoms with Crippen LogP contribution in [0.3, 0.4) is 0 Å². The first-order chi connectivity index (χ1) is 27.1. The summed E-state index contributed by atoms with van der Waals surface area (Å²) < 4.78 is 0. The fourth-order valence-corrected chi connectivity index (χ4v) is 7.86. The second-order valence-electron chi connectivity index (χ2n) is 13.6. The second-order valence-corrected chi connectivity index (χ2v) is 16.6. The quantitative estimate of drug-likeness (QED) is 0.0819. The summed E-state index contributed by atoms with van der Waals surface area (Å²) in [6, 6.07) is 1.09. The number of benzene rings is 2. The first-order valence-corrected chi connectivity index (χ1v) is 19.8. The molecule has 23 heteroatoms. The van der Waals surface area contributed by atoms with E-state index in [4.69, 9.17) is 92.8 Å². The Bertz CT molecular complexity index is 2110. The number of nitrogens with one attached hydrogen (secondary N) is 4. The predicted octanol–water partition coefficient (Wildman–Crippen LogP) is 7.25. The van der Waals surface area contributed by atoms with Gasteiger partial charge in [0.15, 0.2) is 0 Å². The number of imide groups is 2. The highest BCUT2D eigenvalue weighted by Gasteiger charge is 2.45. The zero-order chi connectivity index (χ0) is 43.2. The van der Waals surface area contributed by atoms with E-state index in [-0.39, 0.29) is 98.5 Å². The average Bonchev–Trinajstić information content (AvgIpc) is 3.56. The smallest absolute Gasteiger partial charge is 0.282 e. The molecule has 15 nitrogen and oxygen atoms in total. The van der Waals surface area contributed by atoms with Crippen molar-refractivity contribution < 1.29 is 38.4 Å². The van der Waals surface area contributed by atoms with Crippen LogP contribution in [0.1, 0.15) is 103 Å². The second kappa shape index (κ2) is 17.7. The van der Waals surface area contributed by atoms with Gasteiger partial charge in [-0.25, -0.2) is 4.98 Å². The molecule has 8 amide bonds. The Morgan fingerprint density at radius 1 is 0.517 bits per heavy atom. The lowest BCUT2D eigenvalue weighted by Crippen LogP contribution is -2.54. The van der Waals surface area contributed by atoms with Gasteiger partial charge in [0.1, 0.15) is 23.5 Å². The first-order valence-electron chi connectivity index (χ1n) is 16.8. The first kappa shape index (κ1) is 45.2. The number of hydrogen-bond acceptors (Lipinski definition) is 9. The van der Waals surface area contributed by atoms with Crippen LogP contribution < -0.4 is 21.5 Å². The van der Waals surface area contributed by atoms with E-state index in [9.17, 15) is 38.4 Å². The third-order valence-corrected chi connectivity index (χ3v) is 12.1. The lowest BCUT2D eigenvalue weighted by Gasteiger charge is -2.23. The molecule has 1 aromatic heterocycles. The maximum atomic E-state index is 13.5. The molecule has 5 rings (SSSR count). The third kappa shape index (κ3) is 8.54. The van der Waals surface area contributed by atoms with E-state index in [2.05, 4.69) is 26.5 Å². The van der Waals surface area contributed by atoms with Gasteiger partial charge < -0.3 is 10.6 Å². The molecular weight excluding hydrogens is 930 g/mol. The highest BCUT2D eigenvalue weighted by Crippen LogP contribution is 2.46. The normalized spacial score (nSPS) is 14.5. The van der Waals surface area contributed by atoms with E-state index < -0.39 is 59.3 Å². The monoisotopic (exact) mass is 953 g/mol. The van der Waals surface area contributed by atoms with E-state index in [1.807, 2.05) is 0 Å². The largest absolute Gasteiger partial charge is 0.339 e. The molecule has 0 radical (unpaired) electrons. The van der Waals surface area contributed by atoms with Crippen LogP contribution in [0.4, 0.5) is 0 Å². The third-order valence-electron chi connectivity index (χ3n) is 8.52. The molecule has 4 N–H and O–H groups in total. The van der Waals surface area contributed by atoms with Gasteiger partial charge in [-0.1, -0.05) is 127 Å². The zero-order valence-corrected chi connectivity index (χ0v) is 36.1. The fourth-order valence-electron chi connectivity index (χ4n) is 5.84. The van der Waals surface area contributed by atoms with Crippen LogP contribution in [-0.2, 0) is 9.59 Å². The Balaban J connectivity index is 1.30. The molecule has 0 bridgehead atoms. The van der Waals surface area contributed by atoms with Crippen molar-refractivity contribution in [1.82, 2.24) is 36.5 Å². The number of fused-ring (bicyclic) bond motifs is 2. The number of pyridine rings is 1. The summed E-state index contributed by atoms with van der Waals surface area (Å²) in [4.78, 5) is 111. The van der Waals surface area contributed by atoms with E-state index in [1.54, 1.807) is 27.7 Å². The van der Waals surface area contributed by atoms with E-state index in [0.29, 0.717) is 10.0 Å². The molecule has 2 aliphatic heterocycles. The zero-order valence-electron chi connectivity index (χ0n) is 30.1. The Kier molecular flexibility index (Phi) is 13.8. The SMILES string of the molecule is CC(C)C[C@@H](NC(=O)c1cccc(C(=O)N[C@H](CC(C)C)C(=O)NN2C(=O)c3c(Cl)c(Cl)c(Cl)c(Cl)c3C2=O)n1)C(=O)NN1C(=O)c2c(Cl)c(Cl)c(Cl)c(Cl)c2C1=O. The molecule has 0 aliphatic carbocycles. The van der Waals surface area contributed by atoms with E-state index >= 15 is 0 Å². The van der Waals surface area contributed by atoms with Gasteiger partial charge in [-0.05, 0) is 36.8 Å². The summed E-state index contributed by atoms with van der Waals surface area (Å²) in [5, 5.41) is 3.22. The van der Waals surface area contributed by atoms with Gasteiger partial charge in [0.05, 0.1) is 62.4 Å². The van der Waals surface area contributed by atoms with Crippen molar-refractivity contribution in [2.75, 3.05) is 0 Å². The maximum Gasteiger partial charge on any atom is 0.282 e. The van der Waals surface area contributed by atoms with Gasteiger partial charge in [-0.3, -0.25) is 49.2 Å². The van der Waals surface area contributed by atoms with Crippen molar-refractivity contribution >= 4 is 140 Å². The number of rotatable bonds is 12. The molecule has 2 atom stereocenters. The Labute approximate surface area is 369 Å². The standard InChI is InChI=1S/C35H27Cl8N7O8/c1-10(2)8-14(30(53)47-49-32(55)16-17(33(49)56)21(37)25(41)24(40)20(16)36)45-28(51)12-6-5-7-13(44-12)29(52)46-15(9-11(3)4)31(54)48-50-34(57)18-19(35(50)58)23(39)27(43)26(42)22(18)38/h5-7,10-11,14-15H,8-9H2,1-4H3,(H,45,51)(H,46,52)(H,47,53)(H,48,54)/t14-,15-/m1/s1. The van der Waals surface area contributed by atoms with Crippen LogP contribution in [0.5, 0.6) is 0 Å². The van der Waals surface area contributed by atoms with Crippen LogP contribution in [0.15, 0.2) is 18.2 Å². The summed E-state index contributed by atoms with van der Waals surface area (Å²) in [6.07, 6.45) is 0.0232. The molecule has 2 aromatic carbocycles. The van der Waals surface area contributed by atoms with Crippen molar-refractivity contribution in [2.45, 2.75) is 52.6 Å². The average molecular weight is 957 g/mol. The molecule has 3 aromatic rings. The van der Waals surface area contributed by atoms with Crippen LogP contribution in [-0.4, -0.2) is 74.3 Å². The van der Waals surface area contributed by atoms with Crippen molar-refractivity contribution in [3.63, 3.8) is 0 Å². The van der Waals surface area contributed by atoms with Gasteiger partial charge in [-0.15, -0.1) is 0 Å². The van der Waals surface area contributed by atoms with E-state index in [1.165, 1.54) is 18.2 Å². The van der Waals surface area contributed by atoms with Crippen molar-refractivity contribution in [3.8, 4) is 0 Å². The van der Waals surface area contributed by atoms with Crippen LogP contribution in [0, 0.1) is 11.8 Å². The molecule has 0 saturated heterocycles. The lowest BCUT2D eigenvalue weighted by molar-refractivity contribution is -0.127. The Morgan fingerprint density at radius 2 is 0.793 bits per heavy atom. The summed E-state index contributed by atoms with van der Waals surface area (Å²) in [5.74, 6) is -8.44. The maximum absolute atomic E-state index is 13.5. The molecule has 0 fully saturated rings. The van der Waals surface area contributed by atoms with Crippen molar-refractivity contribution in [3.05, 3.63) is 92.0 Å². The minimum atomic E-state index is -1.35. The number of hydrogen-bond donors (Lipinski definition) is 4. The number of nitrogens with zero attached hydrogens (tertiary/aromatic N) is 3. The number of carbonyl (C=O) groups excluding carboxylic acids is 8. The molecule has 0 unspecified atom stereocenters. The predicted molar refractivity (Wildman–Crippen MR) is 216 cm³/mol. The van der Waals surface area contributed by atoms with Crippen LogP contribution in [0.2, 0.25) is 40.2 Å². The molecule has 0 spiro atoms. The number of amides is 8. The van der Waals surface area contributed by atoms with Gasteiger partial charge in [0.2, 0.25) is 0 Å². The van der Waals surface area contributed by atoms with Crippen LogP contribution >= 0.6 is 92.8 Å². The minimum Gasteiger partial charge on any atom is -0.339 e. The van der Waals surface area contributed by atoms with Crippen LogP contribution in [0.25, 0.3) is 0 Å². The van der Waals surface area contributed by atoms with Gasteiger partial charge in [-0.2, -0.15) is 10.0 Å². The topological polar surface area (TPSA) is 204 Å². The molecule has 2 aliphatic rings. The molecule has 0 saturated carbocycles. The highest BCUT2D eigenvalue weighted by atomic mass is 35.5. The summed E-state index contributed by atoms with van der Waals surface area (Å²) >= 11 is 49.0. The minimum absolute atomic E-state index is 0.0116. The van der Waals surface area contributed by atoms with Gasteiger partial charge >= 0.3 is 0 Å². The van der Waals surface area contributed by atoms with Gasteiger partial charge in [0.25, 0.3) is 47.3 Å². The lowest BCUT2D eigenvalue weighted by atomic mass is 10.0. The summed E-state index contributed by atoms with van der Waals surface area (Å²) in [7, 11) is 0. The van der Waals surface area contributed by atoms with E-state index in [0.717, 1.165) is 0 Å². The molecular formula is C35H27Cl8N7O8. The molecule has 58 heavy (non-hydrogen) atoms. The highest BCUT2D eigenvalue weighted by molar-refractivity contribution is 6.56. The van der Waals surface area contributed by atoms with Gasteiger partial charge in [0, 0.05) is 0 Å². The summed E-state index contributed by atoms with van der Waals surface area (Å²) in [6.45, 7) is 6.98. The van der Waals surface area contributed by atoms with Crippen molar-refractivity contribution in [2.24, 2.45) is 11.8 Å². The number of halogens is 8. The summed E-state index contributed by atoms with van der Waals surface area (Å²) in [5.41, 5.74) is 2.20. The van der Waals surface area contributed by atoms with Crippen molar-refractivity contribution in [1.29, 1.82) is 0 Å².